The third-order valence-electron chi connectivity index (χ3n) is 2.17. The van der Waals surface area contributed by atoms with Gasteiger partial charge >= 0.3 is 0 Å². The lowest BCUT2D eigenvalue weighted by molar-refractivity contribution is 0.111. The van der Waals surface area contributed by atoms with Gasteiger partial charge in [0.25, 0.3) is 0 Å². The summed E-state index contributed by atoms with van der Waals surface area (Å²) < 4.78 is 2.53. The summed E-state index contributed by atoms with van der Waals surface area (Å²) in [6.07, 6.45) is 2.62. The molecule has 0 atom stereocenters. The monoisotopic (exact) mass is 262 g/mol. The number of imidazole rings is 1. The normalized spacial score (nSPS) is 10.8. The molecule has 5 nitrogen and oxygen atoms in total. The van der Waals surface area contributed by atoms with E-state index in [9.17, 15) is 4.79 Å². The van der Waals surface area contributed by atoms with Crippen LogP contribution in [0.2, 0.25) is 0 Å². The molecular formula is C10H6N4OS2. The van der Waals surface area contributed by atoms with Crippen LogP contribution in [0.1, 0.15) is 10.5 Å². The molecule has 0 aromatic carbocycles. The average molecular weight is 262 g/mol. The topological polar surface area (TPSA) is 60.2 Å². The summed E-state index contributed by atoms with van der Waals surface area (Å²) >= 11 is 2.78. The van der Waals surface area contributed by atoms with Crippen LogP contribution in [0, 0.1) is 0 Å². The Kier molecular flexibility index (Phi) is 2.62. The van der Waals surface area contributed by atoms with E-state index < -0.39 is 0 Å². The van der Waals surface area contributed by atoms with E-state index in [1.165, 1.54) is 23.1 Å². The number of hydrogen-bond donors (Lipinski definition) is 0. The predicted octanol–water partition coefficient (Wildman–Crippen LogP) is 2.15. The number of aldehydes is 1. The van der Waals surface area contributed by atoms with Crippen molar-refractivity contribution in [3.8, 4) is 0 Å². The summed E-state index contributed by atoms with van der Waals surface area (Å²) in [5.74, 6) is 0. The second-order valence-electron chi connectivity index (χ2n) is 3.16. The van der Waals surface area contributed by atoms with E-state index >= 15 is 0 Å². The molecule has 7 heteroatoms. The van der Waals surface area contributed by atoms with Gasteiger partial charge in [-0.15, -0.1) is 10.2 Å². The Morgan fingerprint density at radius 2 is 2.35 bits per heavy atom. The summed E-state index contributed by atoms with van der Waals surface area (Å²) in [7, 11) is 0. The molecule has 3 rings (SSSR count). The SMILES string of the molecule is O=Cc1c(Sc2nncs2)nc2ccccn12. The van der Waals surface area contributed by atoms with Gasteiger partial charge in [-0.05, 0) is 23.9 Å². The van der Waals surface area contributed by atoms with Gasteiger partial charge in [0.1, 0.15) is 21.9 Å². The lowest BCUT2D eigenvalue weighted by atomic mass is 10.4. The highest BCUT2D eigenvalue weighted by Crippen LogP contribution is 2.30. The minimum atomic E-state index is 0.542. The molecule has 0 aliphatic carbocycles. The molecule has 84 valence electrons. The molecule has 0 saturated carbocycles. The van der Waals surface area contributed by atoms with Gasteiger partial charge in [-0.3, -0.25) is 9.20 Å². The second-order valence-corrected chi connectivity index (χ2v) is 5.22. The van der Waals surface area contributed by atoms with Crippen LogP contribution in [0.15, 0.2) is 39.3 Å². The van der Waals surface area contributed by atoms with Crippen LogP contribution < -0.4 is 0 Å². The Balaban J connectivity index is 2.12. The first kappa shape index (κ1) is 10.4. The quantitative estimate of drug-likeness (QED) is 0.677. The van der Waals surface area contributed by atoms with Crippen molar-refractivity contribution < 1.29 is 4.79 Å². The molecule has 0 saturated heterocycles. The molecule has 0 amide bonds. The molecule has 0 radical (unpaired) electrons. The first-order valence-electron chi connectivity index (χ1n) is 4.75. The summed E-state index contributed by atoms with van der Waals surface area (Å²) in [5.41, 5.74) is 2.95. The van der Waals surface area contributed by atoms with Crippen LogP contribution in [-0.4, -0.2) is 25.9 Å². The van der Waals surface area contributed by atoms with Gasteiger partial charge in [-0.1, -0.05) is 17.4 Å². The molecule has 0 bridgehead atoms. The van der Waals surface area contributed by atoms with Crippen LogP contribution in [0.3, 0.4) is 0 Å². The van der Waals surface area contributed by atoms with Crippen LogP contribution >= 0.6 is 23.1 Å². The van der Waals surface area contributed by atoms with Gasteiger partial charge in [-0.25, -0.2) is 4.98 Å². The maximum atomic E-state index is 11.1. The highest BCUT2D eigenvalue weighted by Gasteiger charge is 2.13. The Morgan fingerprint density at radius 3 is 3.12 bits per heavy atom. The van der Waals surface area contributed by atoms with Crippen LogP contribution in [0.25, 0.3) is 5.65 Å². The molecule has 17 heavy (non-hydrogen) atoms. The number of aromatic nitrogens is 4. The first-order chi connectivity index (χ1) is 8.38. The maximum absolute atomic E-state index is 11.1. The van der Waals surface area contributed by atoms with E-state index in [-0.39, 0.29) is 0 Å². The summed E-state index contributed by atoms with van der Waals surface area (Å²) in [6.45, 7) is 0. The summed E-state index contributed by atoms with van der Waals surface area (Å²) in [4.78, 5) is 15.5. The predicted molar refractivity (Wildman–Crippen MR) is 64.6 cm³/mol. The van der Waals surface area contributed by atoms with E-state index in [0.29, 0.717) is 10.7 Å². The molecular weight excluding hydrogens is 256 g/mol. The van der Waals surface area contributed by atoms with Gasteiger partial charge < -0.3 is 0 Å². The highest BCUT2D eigenvalue weighted by atomic mass is 32.2. The van der Waals surface area contributed by atoms with Gasteiger partial charge in [-0.2, -0.15) is 0 Å². The number of carbonyl (C=O) groups is 1. The third kappa shape index (κ3) is 1.83. The molecule has 0 aliphatic rings. The average Bonchev–Trinajstić information content (AvgIpc) is 2.96. The molecule has 0 N–H and O–H groups in total. The van der Waals surface area contributed by atoms with Gasteiger partial charge in [0.15, 0.2) is 10.6 Å². The molecule has 3 aromatic rings. The smallest absolute Gasteiger partial charge is 0.180 e. The number of nitrogens with zero attached hydrogens (tertiary/aromatic N) is 4. The van der Waals surface area contributed by atoms with Crippen LogP contribution in [0.5, 0.6) is 0 Å². The van der Waals surface area contributed by atoms with Crippen molar-refractivity contribution in [3.05, 3.63) is 35.6 Å². The van der Waals surface area contributed by atoms with Crippen molar-refractivity contribution in [2.24, 2.45) is 0 Å². The molecule has 0 aliphatic heterocycles. The van der Waals surface area contributed by atoms with Crippen molar-refractivity contribution in [1.29, 1.82) is 0 Å². The standard InChI is InChI=1S/C10H6N4OS2/c15-5-7-9(17-10-13-11-6-16-10)12-8-3-1-2-4-14(7)8/h1-6H. The Morgan fingerprint density at radius 1 is 1.41 bits per heavy atom. The molecule has 0 fully saturated rings. The fourth-order valence-electron chi connectivity index (χ4n) is 1.47. The Labute approximate surface area is 105 Å². The largest absolute Gasteiger partial charge is 0.296 e. The first-order valence-corrected chi connectivity index (χ1v) is 6.44. The van der Waals surface area contributed by atoms with E-state index in [1.807, 2.05) is 24.4 Å². The van der Waals surface area contributed by atoms with E-state index in [4.69, 9.17) is 0 Å². The Bertz CT molecular complexity index is 662. The van der Waals surface area contributed by atoms with E-state index in [2.05, 4.69) is 15.2 Å². The van der Waals surface area contributed by atoms with Crippen LogP contribution in [0.4, 0.5) is 0 Å². The summed E-state index contributed by atoms with van der Waals surface area (Å²) in [5, 5.41) is 8.33. The van der Waals surface area contributed by atoms with E-state index in [1.54, 1.807) is 9.91 Å². The number of rotatable bonds is 3. The highest BCUT2D eigenvalue weighted by molar-refractivity contribution is 8.01. The lowest BCUT2D eigenvalue weighted by Gasteiger charge is -1.94. The van der Waals surface area contributed by atoms with Crippen molar-refractivity contribution in [3.63, 3.8) is 0 Å². The number of carbonyl (C=O) groups excluding carboxylic acids is 1. The van der Waals surface area contributed by atoms with Crippen LogP contribution in [-0.2, 0) is 0 Å². The number of pyridine rings is 1. The fourth-order valence-corrected chi connectivity index (χ4v) is 2.95. The van der Waals surface area contributed by atoms with Gasteiger partial charge in [0.05, 0.1) is 0 Å². The maximum Gasteiger partial charge on any atom is 0.180 e. The lowest BCUT2D eigenvalue weighted by Crippen LogP contribution is -1.90. The van der Waals surface area contributed by atoms with Crippen molar-refractivity contribution >= 4 is 35.0 Å². The minimum Gasteiger partial charge on any atom is -0.296 e. The fraction of sp³-hybridized carbons (Fsp3) is 0. The van der Waals surface area contributed by atoms with E-state index in [0.717, 1.165) is 16.3 Å². The molecule has 0 spiro atoms. The zero-order valence-electron chi connectivity index (χ0n) is 8.48. The second kappa shape index (κ2) is 4.27. The van der Waals surface area contributed by atoms with Gasteiger partial charge in [0.2, 0.25) is 0 Å². The molecule has 0 unspecified atom stereocenters. The zero-order valence-corrected chi connectivity index (χ0v) is 10.1. The molecule has 3 aromatic heterocycles. The summed E-state index contributed by atoms with van der Waals surface area (Å²) in [6, 6.07) is 5.61. The van der Waals surface area contributed by atoms with Gasteiger partial charge in [0, 0.05) is 6.20 Å². The van der Waals surface area contributed by atoms with Crippen molar-refractivity contribution in [2.45, 2.75) is 9.37 Å². The Hall–Kier alpha value is -1.73. The minimum absolute atomic E-state index is 0.542. The number of hydrogen-bond acceptors (Lipinski definition) is 6. The molecule has 3 heterocycles. The van der Waals surface area contributed by atoms with Crippen molar-refractivity contribution in [2.75, 3.05) is 0 Å². The zero-order chi connectivity index (χ0) is 11.7. The number of fused-ring (bicyclic) bond motifs is 1. The third-order valence-corrected chi connectivity index (χ3v) is 3.94. The van der Waals surface area contributed by atoms with Crippen molar-refractivity contribution in [1.82, 2.24) is 19.6 Å².